The molecular weight excluding hydrogens is 532 g/mol. The summed E-state index contributed by atoms with van der Waals surface area (Å²) >= 11 is 15.6. The van der Waals surface area contributed by atoms with Crippen LogP contribution in [0.15, 0.2) is 59.1 Å². The van der Waals surface area contributed by atoms with Crippen LogP contribution < -0.4 is 10.6 Å². The van der Waals surface area contributed by atoms with Gasteiger partial charge in [-0.05, 0) is 55.0 Å². The largest absolute Gasteiger partial charge is 0.471 e. The van der Waals surface area contributed by atoms with Crippen molar-refractivity contribution in [1.29, 1.82) is 0 Å². The lowest BCUT2D eigenvalue weighted by Crippen LogP contribution is -2.30. The van der Waals surface area contributed by atoms with Gasteiger partial charge in [0.05, 0.1) is 16.4 Å². The molecule has 0 radical (unpaired) electrons. The maximum absolute atomic E-state index is 12.9. The summed E-state index contributed by atoms with van der Waals surface area (Å²) in [5.74, 6) is -2.42. The lowest BCUT2D eigenvalue weighted by Gasteiger charge is -2.15. The SMILES string of the molecule is Cc1c(Cl)cccc1C(=O)c1ccc(Nc2ccc(Br)cc2NC(=O)C(F)(F)F)cc1Cl. The number of ketones is 1. The number of nitrogens with one attached hydrogen (secondary N) is 2. The molecule has 0 aliphatic carbocycles. The molecule has 4 nitrogen and oxygen atoms in total. The zero-order valence-electron chi connectivity index (χ0n) is 16.3. The molecule has 3 aromatic carbocycles. The highest BCUT2D eigenvalue weighted by Gasteiger charge is 2.39. The van der Waals surface area contributed by atoms with Crippen molar-refractivity contribution < 1.29 is 22.8 Å². The van der Waals surface area contributed by atoms with Crippen LogP contribution in [0.1, 0.15) is 21.5 Å². The minimum Gasteiger partial charge on any atom is -0.354 e. The van der Waals surface area contributed by atoms with Crippen molar-refractivity contribution in [2.45, 2.75) is 13.1 Å². The Bertz CT molecular complexity index is 1220. The highest BCUT2D eigenvalue weighted by atomic mass is 79.9. The molecule has 0 fully saturated rings. The van der Waals surface area contributed by atoms with E-state index in [1.807, 2.05) is 5.32 Å². The smallest absolute Gasteiger partial charge is 0.354 e. The number of anilines is 3. The molecule has 3 rings (SSSR count). The second-order valence-electron chi connectivity index (χ2n) is 6.70. The summed E-state index contributed by atoms with van der Waals surface area (Å²) in [5, 5.41) is 5.33. The third kappa shape index (κ3) is 5.43. The molecule has 0 bridgehead atoms. The van der Waals surface area contributed by atoms with Crippen LogP contribution in [-0.2, 0) is 4.79 Å². The molecule has 3 aromatic rings. The summed E-state index contributed by atoms with van der Waals surface area (Å²) in [6, 6.07) is 13.9. The number of benzene rings is 3. The van der Waals surface area contributed by atoms with Crippen LogP contribution in [0.3, 0.4) is 0 Å². The van der Waals surface area contributed by atoms with Gasteiger partial charge in [0.2, 0.25) is 0 Å². The Hall–Kier alpha value is -2.55. The highest BCUT2D eigenvalue weighted by molar-refractivity contribution is 9.10. The van der Waals surface area contributed by atoms with E-state index in [2.05, 4.69) is 21.2 Å². The molecule has 1 amide bonds. The van der Waals surface area contributed by atoms with Gasteiger partial charge in [0, 0.05) is 26.3 Å². The van der Waals surface area contributed by atoms with E-state index in [-0.39, 0.29) is 27.7 Å². The van der Waals surface area contributed by atoms with E-state index < -0.39 is 12.1 Å². The number of hydrogen-bond acceptors (Lipinski definition) is 3. The summed E-state index contributed by atoms with van der Waals surface area (Å²) < 4.78 is 38.4. The Labute approximate surface area is 199 Å². The minimum absolute atomic E-state index is 0.0903. The van der Waals surface area contributed by atoms with E-state index in [4.69, 9.17) is 23.2 Å². The van der Waals surface area contributed by atoms with Crippen LogP contribution in [0.5, 0.6) is 0 Å². The van der Waals surface area contributed by atoms with Gasteiger partial charge in [0.1, 0.15) is 0 Å². The van der Waals surface area contributed by atoms with E-state index in [9.17, 15) is 22.8 Å². The summed E-state index contributed by atoms with van der Waals surface area (Å²) in [7, 11) is 0. The molecule has 0 aliphatic heterocycles. The van der Waals surface area contributed by atoms with Crippen molar-refractivity contribution in [3.05, 3.63) is 85.8 Å². The van der Waals surface area contributed by atoms with Crippen LogP contribution in [0.4, 0.5) is 30.2 Å². The molecular formula is C22H14BrCl2F3N2O2. The molecule has 0 aliphatic rings. The fourth-order valence-corrected chi connectivity index (χ4v) is 3.66. The molecule has 0 atom stereocenters. The first kappa shape index (κ1) is 24.1. The first-order valence-corrected chi connectivity index (χ1v) is 10.6. The molecule has 166 valence electrons. The maximum atomic E-state index is 12.9. The van der Waals surface area contributed by atoms with E-state index >= 15 is 0 Å². The topological polar surface area (TPSA) is 58.2 Å². The highest BCUT2D eigenvalue weighted by Crippen LogP contribution is 2.33. The molecule has 0 unspecified atom stereocenters. The predicted molar refractivity (Wildman–Crippen MR) is 123 cm³/mol. The van der Waals surface area contributed by atoms with Crippen molar-refractivity contribution in [2.24, 2.45) is 0 Å². The number of halogens is 6. The van der Waals surface area contributed by atoms with Gasteiger partial charge in [-0.15, -0.1) is 0 Å². The molecule has 0 saturated heterocycles. The molecule has 32 heavy (non-hydrogen) atoms. The number of amides is 1. The molecule has 0 saturated carbocycles. The van der Waals surface area contributed by atoms with Gasteiger partial charge >= 0.3 is 12.1 Å². The van der Waals surface area contributed by atoms with Gasteiger partial charge in [-0.25, -0.2) is 0 Å². The van der Waals surface area contributed by atoms with Gasteiger partial charge in [-0.2, -0.15) is 13.2 Å². The Kier molecular flexibility index (Phi) is 7.17. The number of alkyl halides is 3. The van der Waals surface area contributed by atoms with Crippen molar-refractivity contribution in [1.82, 2.24) is 0 Å². The number of carbonyl (C=O) groups is 2. The zero-order chi connectivity index (χ0) is 23.6. The van der Waals surface area contributed by atoms with Gasteiger partial charge in [0.25, 0.3) is 0 Å². The first-order chi connectivity index (χ1) is 15.0. The minimum atomic E-state index is -5.04. The van der Waals surface area contributed by atoms with Crippen molar-refractivity contribution in [3.8, 4) is 0 Å². The molecule has 0 heterocycles. The predicted octanol–water partition coefficient (Wildman–Crippen LogP) is 7.54. The van der Waals surface area contributed by atoms with Crippen molar-refractivity contribution in [2.75, 3.05) is 10.6 Å². The van der Waals surface area contributed by atoms with E-state index in [1.165, 1.54) is 24.3 Å². The lowest BCUT2D eigenvalue weighted by molar-refractivity contribution is -0.167. The Balaban J connectivity index is 1.89. The van der Waals surface area contributed by atoms with Gasteiger partial charge in [-0.1, -0.05) is 51.3 Å². The summed E-state index contributed by atoms with van der Waals surface area (Å²) in [6.45, 7) is 1.73. The van der Waals surface area contributed by atoms with E-state index in [1.54, 1.807) is 37.3 Å². The fourth-order valence-electron chi connectivity index (χ4n) is 2.85. The second-order valence-corrected chi connectivity index (χ2v) is 8.43. The summed E-state index contributed by atoms with van der Waals surface area (Å²) in [5.41, 5.74) is 1.78. The summed E-state index contributed by atoms with van der Waals surface area (Å²) in [4.78, 5) is 24.3. The van der Waals surface area contributed by atoms with Crippen LogP contribution >= 0.6 is 39.1 Å². The molecule has 2 N–H and O–H groups in total. The fraction of sp³-hybridized carbons (Fsp3) is 0.0909. The lowest BCUT2D eigenvalue weighted by atomic mass is 9.99. The number of hydrogen-bond donors (Lipinski definition) is 2. The quantitative estimate of drug-likeness (QED) is 0.325. The third-order valence-electron chi connectivity index (χ3n) is 4.49. The Morgan fingerprint density at radius 3 is 2.28 bits per heavy atom. The van der Waals surface area contributed by atoms with E-state index in [0.717, 1.165) is 0 Å². The second kappa shape index (κ2) is 9.52. The number of carbonyl (C=O) groups excluding carboxylic acids is 2. The van der Waals surface area contributed by atoms with Crippen LogP contribution in [-0.4, -0.2) is 17.9 Å². The van der Waals surface area contributed by atoms with Crippen molar-refractivity contribution >= 4 is 67.9 Å². The Morgan fingerprint density at radius 1 is 0.906 bits per heavy atom. The molecule has 0 spiro atoms. The average Bonchev–Trinajstić information content (AvgIpc) is 2.71. The molecule has 10 heteroatoms. The number of rotatable bonds is 5. The van der Waals surface area contributed by atoms with E-state index in [0.29, 0.717) is 26.3 Å². The normalized spacial score (nSPS) is 11.2. The first-order valence-electron chi connectivity index (χ1n) is 9.01. The van der Waals surface area contributed by atoms with Gasteiger partial charge in [-0.3, -0.25) is 9.59 Å². The van der Waals surface area contributed by atoms with Gasteiger partial charge in [0.15, 0.2) is 5.78 Å². The third-order valence-corrected chi connectivity index (χ3v) is 5.71. The Morgan fingerprint density at radius 2 is 1.62 bits per heavy atom. The zero-order valence-corrected chi connectivity index (χ0v) is 19.4. The van der Waals surface area contributed by atoms with Crippen LogP contribution in [0.2, 0.25) is 10.0 Å². The standard InChI is InChI=1S/C22H14BrCl2F3N2O2/c1-11-14(3-2-4-16(11)24)20(31)15-7-6-13(10-17(15)25)29-18-8-5-12(23)9-19(18)30-21(32)22(26,27)28/h2-10,29H,1H3,(H,30,32). The van der Waals surface area contributed by atoms with Gasteiger partial charge < -0.3 is 10.6 Å². The maximum Gasteiger partial charge on any atom is 0.471 e. The average molecular weight is 546 g/mol. The molecule has 0 aromatic heterocycles. The van der Waals surface area contributed by atoms with Crippen LogP contribution in [0, 0.1) is 6.92 Å². The summed E-state index contributed by atoms with van der Waals surface area (Å²) in [6.07, 6.45) is -5.04. The van der Waals surface area contributed by atoms with Crippen molar-refractivity contribution in [3.63, 3.8) is 0 Å². The van der Waals surface area contributed by atoms with Crippen LogP contribution in [0.25, 0.3) is 0 Å². The monoisotopic (exact) mass is 544 g/mol.